The Morgan fingerprint density at radius 1 is 1.41 bits per heavy atom. The molecule has 2 rings (SSSR count). The van der Waals surface area contributed by atoms with Crippen molar-refractivity contribution in [3.63, 3.8) is 0 Å². The second-order valence-corrected chi connectivity index (χ2v) is 5.76. The number of anilines is 1. The fraction of sp³-hybridized carbons (Fsp3) is 0.357. The van der Waals surface area contributed by atoms with Gasteiger partial charge in [0.05, 0.1) is 0 Å². The first-order chi connectivity index (χ1) is 10.7. The molecule has 0 aliphatic carbocycles. The second-order valence-electron chi connectivity index (χ2n) is 4.41. The van der Waals surface area contributed by atoms with Crippen molar-refractivity contribution in [3.05, 3.63) is 34.9 Å². The van der Waals surface area contributed by atoms with E-state index in [1.54, 1.807) is 0 Å². The number of benzene rings is 1. The van der Waals surface area contributed by atoms with Gasteiger partial charge in [-0.3, -0.25) is 14.7 Å². The molecule has 0 aliphatic rings. The van der Waals surface area contributed by atoms with E-state index >= 15 is 0 Å². The van der Waals surface area contributed by atoms with Crippen molar-refractivity contribution >= 4 is 35.2 Å². The number of halogens is 1. The Labute approximate surface area is 138 Å². The second kappa shape index (κ2) is 8.17. The predicted octanol–water partition coefficient (Wildman–Crippen LogP) is 2.83. The maximum atomic E-state index is 11.6. The highest BCUT2D eigenvalue weighted by Crippen LogP contribution is 2.26. The van der Waals surface area contributed by atoms with E-state index in [4.69, 9.17) is 16.3 Å². The molecule has 2 aromatic rings. The van der Waals surface area contributed by atoms with Crippen LogP contribution in [0.4, 0.5) is 5.95 Å². The average Bonchev–Trinajstić information content (AvgIpc) is 2.88. The Balaban J connectivity index is 2.07. The Bertz CT molecular complexity index is 648. The number of ether oxygens (including phenoxy) is 1. The monoisotopic (exact) mass is 340 g/mol. The van der Waals surface area contributed by atoms with Crippen LogP contribution >= 0.6 is 23.4 Å². The number of hydrogen-bond acceptors (Lipinski definition) is 5. The highest BCUT2D eigenvalue weighted by molar-refractivity contribution is 7.98. The third kappa shape index (κ3) is 4.22. The summed E-state index contributed by atoms with van der Waals surface area (Å²) >= 11 is 7.67. The summed E-state index contributed by atoms with van der Waals surface area (Å²) in [5.74, 6) is 0.850. The number of carbonyl (C=O) groups is 1. The molecule has 0 aliphatic heterocycles. The van der Waals surface area contributed by atoms with E-state index in [1.807, 2.05) is 35.8 Å². The van der Waals surface area contributed by atoms with Gasteiger partial charge in [0, 0.05) is 24.4 Å². The SMILES string of the molecule is CCn1c(NC(=O)COC)nnc1SCc1ccccc1Cl. The molecule has 8 heteroatoms. The summed E-state index contributed by atoms with van der Waals surface area (Å²) in [4.78, 5) is 11.6. The molecule has 0 saturated heterocycles. The molecule has 1 aromatic carbocycles. The Morgan fingerprint density at radius 2 is 2.18 bits per heavy atom. The van der Waals surface area contributed by atoms with Crippen LogP contribution in [0.2, 0.25) is 5.02 Å². The number of nitrogens with zero attached hydrogens (tertiary/aromatic N) is 3. The van der Waals surface area contributed by atoms with Gasteiger partial charge in [0.1, 0.15) is 6.61 Å². The van der Waals surface area contributed by atoms with Gasteiger partial charge in [-0.25, -0.2) is 0 Å². The van der Waals surface area contributed by atoms with Gasteiger partial charge in [-0.1, -0.05) is 41.6 Å². The summed E-state index contributed by atoms with van der Waals surface area (Å²) in [6.07, 6.45) is 0. The van der Waals surface area contributed by atoms with Gasteiger partial charge >= 0.3 is 0 Å². The lowest BCUT2D eigenvalue weighted by Gasteiger charge is -2.08. The van der Waals surface area contributed by atoms with Crippen molar-refractivity contribution in [1.82, 2.24) is 14.8 Å². The molecule has 0 saturated carbocycles. The van der Waals surface area contributed by atoms with Crippen molar-refractivity contribution < 1.29 is 9.53 Å². The highest BCUT2D eigenvalue weighted by Gasteiger charge is 2.14. The maximum absolute atomic E-state index is 11.6. The van der Waals surface area contributed by atoms with Gasteiger partial charge in [0.2, 0.25) is 5.95 Å². The largest absolute Gasteiger partial charge is 0.375 e. The predicted molar refractivity (Wildman–Crippen MR) is 87.2 cm³/mol. The molecular formula is C14H17ClN4O2S. The fourth-order valence-electron chi connectivity index (χ4n) is 1.82. The molecule has 0 spiro atoms. The Kier molecular flexibility index (Phi) is 6.23. The van der Waals surface area contributed by atoms with Crippen LogP contribution in [0.3, 0.4) is 0 Å². The van der Waals surface area contributed by atoms with Crippen LogP contribution < -0.4 is 5.32 Å². The molecule has 118 valence electrons. The van der Waals surface area contributed by atoms with Crippen LogP contribution in [0.15, 0.2) is 29.4 Å². The van der Waals surface area contributed by atoms with Crippen molar-refractivity contribution in [1.29, 1.82) is 0 Å². The van der Waals surface area contributed by atoms with Crippen molar-refractivity contribution in [3.8, 4) is 0 Å². The summed E-state index contributed by atoms with van der Waals surface area (Å²) in [5, 5.41) is 12.3. The first-order valence-electron chi connectivity index (χ1n) is 6.74. The molecule has 1 heterocycles. The van der Waals surface area contributed by atoms with Crippen LogP contribution in [0.5, 0.6) is 0 Å². The van der Waals surface area contributed by atoms with Gasteiger partial charge in [0.25, 0.3) is 5.91 Å². The molecule has 1 aromatic heterocycles. The third-order valence-electron chi connectivity index (χ3n) is 2.87. The van der Waals surface area contributed by atoms with Crippen LogP contribution in [0.1, 0.15) is 12.5 Å². The van der Waals surface area contributed by atoms with E-state index in [0.29, 0.717) is 18.2 Å². The first-order valence-corrected chi connectivity index (χ1v) is 8.10. The van der Waals surface area contributed by atoms with E-state index in [9.17, 15) is 4.79 Å². The molecule has 22 heavy (non-hydrogen) atoms. The number of methoxy groups -OCH3 is 1. The van der Waals surface area contributed by atoms with E-state index < -0.39 is 0 Å². The van der Waals surface area contributed by atoms with Crippen LogP contribution in [0.25, 0.3) is 0 Å². The van der Waals surface area contributed by atoms with Crippen LogP contribution in [0, 0.1) is 0 Å². The van der Waals surface area contributed by atoms with Gasteiger partial charge in [0.15, 0.2) is 5.16 Å². The molecule has 1 N–H and O–H groups in total. The van der Waals surface area contributed by atoms with Gasteiger partial charge < -0.3 is 4.74 Å². The van der Waals surface area contributed by atoms with Crippen LogP contribution in [-0.4, -0.2) is 34.4 Å². The molecule has 1 amide bonds. The lowest BCUT2D eigenvalue weighted by atomic mass is 10.2. The first kappa shape index (κ1) is 16.8. The average molecular weight is 341 g/mol. The van der Waals surface area contributed by atoms with E-state index in [1.165, 1.54) is 18.9 Å². The minimum absolute atomic E-state index is 0.0152. The molecular weight excluding hydrogens is 324 g/mol. The van der Waals surface area contributed by atoms with E-state index in [-0.39, 0.29) is 12.5 Å². The number of aromatic nitrogens is 3. The molecule has 0 atom stereocenters. The topological polar surface area (TPSA) is 69.0 Å². The summed E-state index contributed by atoms with van der Waals surface area (Å²) < 4.78 is 6.63. The van der Waals surface area contributed by atoms with E-state index in [2.05, 4.69) is 15.5 Å². The highest BCUT2D eigenvalue weighted by atomic mass is 35.5. The minimum atomic E-state index is -0.257. The van der Waals surface area contributed by atoms with Crippen molar-refractivity contribution in [2.24, 2.45) is 0 Å². The zero-order valence-electron chi connectivity index (χ0n) is 12.4. The van der Waals surface area contributed by atoms with Crippen LogP contribution in [-0.2, 0) is 21.8 Å². The minimum Gasteiger partial charge on any atom is -0.375 e. The Hall–Kier alpha value is -1.57. The normalized spacial score (nSPS) is 10.7. The zero-order chi connectivity index (χ0) is 15.9. The number of amides is 1. The van der Waals surface area contributed by atoms with Gasteiger partial charge in [-0.05, 0) is 18.6 Å². The molecule has 0 bridgehead atoms. The fourth-order valence-corrected chi connectivity index (χ4v) is 3.11. The molecule has 6 nitrogen and oxygen atoms in total. The van der Waals surface area contributed by atoms with Crippen molar-refractivity contribution in [2.75, 3.05) is 19.0 Å². The number of thioether (sulfide) groups is 1. The van der Waals surface area contributed by atoms with E-state index in [0.717, 1.165) is 15.7 Å². The third-order valence-corrected chi connectivity index (χ3v) is 4.26. The number of rotatable bonds is 7. The summed E-state index contributed by atoms with van der Waals surface area (Å²) in [5.41, 5.74) is 1.03. The summed E-state index contributed by atoms with van der Waals surface area (Å²) in [6.45, 7) is 2.61. The van der Waals surface area contributed by atoms with Crippen molar-refractivity contribution in [2.45, 2.75) is 24.4 Å². The summed E-state index contributed by atoms with van der Waals surface area (Å²) in [6, 6.07) is 7.68. The number of nitrogens with one attached hydrogen (secondary N) is 1. The maximum Gasteiger partial charge on any atom is 0.252 e. The van der Waals surface area contributed by atoms with Gasteiger partial charge in [-0.2, -0.15) is 0 Å². The lowest BCUT2D eigenvalue weighted by Crippen LogP contribution is -2.20. The van der Waals surface area contributed by atoms with Gasteiger partial charge in [-0.15, -0.1) is 10.2 Å². The summed E-state index contributed by atoms with van der Waals surface area (Å²) in [7, 11) is 1.47. The standard InChI is InChI=1S/C14H17ClN4O2S/c1-3-19-13(16-12(20)8-21-2)17-18-14(19)22-9-10-6-4-5-7-11(10)15/h4-7H,3,8-9H2,1-2H3,(H,16,17,20). The smallest absolute Gasteiger partial charge is 0.252 e. The molecule has 0 fully saturated rings. The molecule has 0 unspecified atom stereocenters. The Morgan fingerprint density at radius 3 is 2.86 bits per heavy atom. The molecule has 0 radical (unpaired) electrons. The number of hydrogen-bond donors (Lipinski definition) is 1. The lowest BCUT2D eigenvalue weighted by molar-refractivity contribution is -0.119. The zero-order valence-corrected chi connectivity index (χ0v) is 13.9. The quantitative estimate of drug-likeness (QED) is 0.785. The number of carbonyl (C=O) groups excluding carboxylic acids is 1.